The van der Waals surface area contributed by atoms with Crippen LogP contribution >= 0.6 is 15.9 Å². The van der Waals surface area contributed by atoms with Gasteiger partial charge in [-0.05, 0) is 44.0 Å². The molecule has 1 aromatic carbocycles. The summed E-state index contributed by atoms with van der Waals surface area (Å²) >= 11 is 3.48. The Hall–Kier alpha value is -1.13. The maximum Gasteiger partial charge on any atom is 0.0954 e. The summed E-state index contributed by atoms with van der Waals surface area (Å²) in [6, 6.07) is 9.29. The lowest BCUT2D eigenvalue weighted by Crippen LogP contribution is -2.18. The van der Waals surface area contributed by atoms with E-state index in [9.17, 15) is 0 Å². The van der Waals surface area contributed by atoms with Gasteiger partial charge in [0.05, 0.1) is 18.1 Å². The molecular formula is C15H18BrN3. The van der Waals surface area contributed by atoms with Crippen LogP contribution in [-0.4, -0.2) is 16.1 Å². The molecule has 3 nitrogen and oxygen atoms in total. The molecule has 0 radical (unpaired) electrons. The lowest BCUT2D eigenvalue weighted by Gasteiger charge is -2.20. The molecule has 0 bridgehead atoms. The third-order valence-electron chi connectivity index (χ3n) is 3.88. The molecule has 0 amide bonds. The highest BCUT2D eigenvalue weighted by Crippen LogP contribution is 2.28. The number of hydrogen-bond acceptors (Lipinski definition) is 2. The molecule has 19 heavy (non-hydrogen) atoms. The van der Waals surface area contributed by atoms with E-state index in [-0.39, 0.29) is 0 Å². The molecule has 100 valence electrons. The average molecular weight is 320 g/mol. The van der Waals surface area contributed by atoms with Crippen molar-refractivity contribution in [3.63, 3.8) is 0 Å². The molecule has 1 saturated heterocycles. The van der Waals surface area contributed by atoms with Crippen LogP contribution in [0.2, 0.25) is 0 Å². The molecule has 2 heterocycles. The van der Waals surface area contributed by atoms with E-state index >= 15 is 0 Å². The second-order valence-electron chi connectivity index (χ2n) is 5.10. The van der Waals surface area contributed by atoms with E-state index in [0.29, 0.717) is 12.1 Å². The highest BCUT2D eigenvalue weighted by Gasteiger charge is 2.22. The summed E-state index contributed by atoms with van der Waals surface area (Å²) in [7, 11) is 0. The summed E-state index contributed by atoms with van der Waals surface area (Å²) in [6.07, 6.45) is 6.40. The van der Waals surface area contributed by atoms with E-state index in [1.807, 2.05) is 12.5 Å². The fraction of sp³-hybridized carbons (Fsp3) is 0.400. The lowest BCUT2D eigenvalue weighted by molar-refractivity contribution is 0.538. The smallest absolute Gasteiger partial charge is 0.0954 e. The minimum atomic E-state index is 0.313. The normalized spacial score (nSPS) is 20.6. The number of nitrogens with zero attached hydrogens (tertiary/aromatic N) is 2. The molecule has 0 saturated carbocycles. The van der Waals surface area contributed by atoms with Gasteiger partial charge in [-0.25, -0.2) is 4.98 Å². The second-order valence-corrected chi connectivity index (χ2v) is 6.02. The molecule has 3 rings (SSSR count). The van der Waals surface area contributed by atoms with Crippen LogP contribution < -0.4 is 5.32 Å². The molecule has 4 heteroatoms. The molecule has 1 fully saturated rings. The van der Waals surface area contributed by atoms with Gasteiger partial charge in [0.25, 0.3) is 0 Å². The van der Waals surface area contributed by atoms with E-state index in [4.69, 9.17) is 0 Å². The maximum absolute atomic E-state index is 4.34. The Kier molecular flexibility index (Phi) is 3.71. The minimum absolute atomic E-state index is 0.313. The Morgan fingerprint density at radius 2 is 2.16 bits per heavy atom. The molecule has 0 spiro atoms. The fourth-order valence-corrected chi connectivity index (χ4v) is 3.01. The number of hydrogen-bond donors (Lipinski definition) is 1. The third-order valence-corrected chi connectivity index (χ3v) is 4.41. The molecule has 2 aromatic rings. The van der Waals surface area contributed by atoms with Gasteiger partial charge in [0, 0.05) is 16.7 Å². The number of nitrogens with one attached hydrogen (secondary N) is 1. The standard InChI is InChI=1S/C15H18BrN3/c1-11(12-4-6-13(16)7-5-12)19-10-17-9-15(19)14-3-2-8-18-14/h4-7,9-11,14,18H,2-3,8H2,1H3. The Labute approximate surface area is 122 Å². The van der Waals surface area contributed by atoms with Gasteiger partial charge in [-0.15, -0.1) is 0 Å². The molecule has 1 aliphatic heterocycles. The molecule has 1 N–H and O–H groups in total. The highest BCUT2D eigenvalue weighted by molar-refractivity contribution is 9.10. The second kappa shape index (κ2) is 5.47. The first-order valence-corrected chi connectivity index (χ1v) is 7.55. The monoisotopic (exact) mass is 319 g/mol. The SMILES string of the molecule is CC(c1ccc(Br)cc1)n1cncc1C1CCCN1. The van der Waals surface area contributed by atoms with E-state index in [1.54, 1.807) is 0 Å². The van der Waals surface area contributed by atoms with Crippen LogP contribution in [-0.2, 0) is 0 Å². The van der Waals surface area contributed by atoms with Crippen LogP contribution in [0.1, 0.15) is 43.1 Å². The average Bonchev–Trinajstić information content (AvgIpc) is 3.09. The van der Waals surface area contributed by atoms with Crippen LogP contribution in [0.5, 0.6) is 0 Å². The van der Waals surface area contributed by atoms with Crippen molar-refractivity contribution in [1.82, 2.24) is 14.9 Å². The van der Waals surface area contributed by atoms with Gasteiger partial charge >= 0.3 is 0 Å². The summed E-state index contributed by atoms with van der Waals surface area (Å²) < 4.78 is 3.40. The first-order chi connectivity index (χ1) is 9.25. The van der Waals surface area contributed by atoms with Gasteiger partial charge in [0.1, 0.15) is 0 Å². The topological polar surface area (TPSA) is 29.9 Å². The summed E-state index contributed by atoms with van der Waals surface area (Å²) in [5.41, 5.74) is 2.60. The highest BCUT2D eigenvalue weighted by atomic mass is 79.9. The number of benzene rings is 1. The molecular weight excluding hydrogens is 302 g/mol. The summed E-state index contributed by atoms with van der Waals surface area (Å²) in [5.74, 6) is 0. The fourth-order valence-electron chi connectivity index (χ4n) is 2.75. The van der Waals surface area contributed by atoms with Crippen molar-refractivity contribution in [3.8, 4) is 0 Å². The van der Waals surface area contributed by atoms with Crippen molar-refractivity contribution in [2.24, 2.45) is 0 Å². The predicted molar refractivity (Wildman–Crippen MR) is 80.2 cm³/mol. The van der Waals surface area contributed by atoms with Crippen molar-refractivity contribution in [3.05, 3.63) is 52.5 Å². The zero-order chi connectivity index (χ0) is 13.2. The summed E-state index contributed by atoms with van der Waals surface area (Å²) in [6.45, 7) is 3.34. The molecule has 2 unspecified atom stereocenters. The quantitative estimate of drug-likeness (QED) is 0.935. The van der Waals surface area contributed by atoms with Crippen LogP contribution in [0.25, 0.3) is 0 Å². The van der Waals surface area contributed by atoms with Gasteiger partial charge in [-0.2, -0.15) is 0 Å². The molecule has 1 aromatic heterocycles. The molecule has 0 aliphatic carbocycles. The van der Waals surface area contributed by atoms with Crippen LogP contribution in [0.4, 0.5) is 0 Å². The minimum Gasteiger partial charge on any atom is -0.326 e. The van der Waals surface area contributed by atoms with Crippen molar-refractivity contribution in [2.75, 3.05) is 6.54 Å². The van der Waals surface area contributed by atoms with Crippen LogP contribution in [0.3, 0.4) is 0 Å². The number of imidazole rings is 1. The van der Waals surface area contributed by atoms with Gasteiger partial charge in [-0.1, -0.05) is 28.1 Å². The van der Waals surface area contributed by atoms with Crippen molar-refractivity contribution < 1.29 is 0 Å². The first kappa shape index (κ1) is 12.9. The van der Waals surface area contributed by atoms with E-state index in [1.165, 1.54) is 24.1 Å². The first-order valence-electron chi connectivity index (χ1n) is 6.76. The van der Waals surface area contributed by atoms with E-state index in [2.05, 4.69) is 62.0 Å². The van der Waals surface area contributed by atoms with Crippen LogP contribution in [0.15, 0.2) is 41.3 Å². The zero-order valence-corrected chi connectivity index (χ0v) is 12.6. The van der Waals surface area contributed by atoms with Gasteiger partial charge in [0.15, 0.2) is 0 Å². The molecule has 2 atom stereocenters. The Morgan fingerprint density at radius 3 is 2.84 bits per heavy atom. The van der Waals surface area contributed by atoms with E-state index < -0.39 is 0 Å². The van der Waals surface area contributed by atoms with Crippen molar-refractivity contribution in [1.29, 1.82) is 0 Å². The van der Waals surface area contributed by atoms with Crippen molar-refractivity contribution in [2.45, 2.75) is 31.8 Å². The maximum atomic E-state index is 4.34. The Balaban J connectivity index is 1.89. The van der Waals surface area contributed by atoms with E-state index in [0.717, 1.165) is 11.0 Å². The number of aromatic nitrogens is 2. The zero-order valence-electron chi connectivity index (χ0n) is 11.0. The van der Waals surface area contributed by atoms with Crippen LogP contribution in [0, 0.1) is 0 Å². The van der Waals surface area contributed by atoms with Gasteiger partial charge in [0.2, 0.25) is 0 Å². The van der Waals surface area contributed by atoms with Gasteiger partial charge < -0.3 is 9.88 Å². The predicted octanol–water partition coefficient (Wildman–Crippen LogP) is 3.68. The lowest BCUT2D eigenvalue weighted by atomic mass is 10.1. The van der Waals surface area contributed by atoms with Gasteiger partial charge in [-0.3, -0.25) is 0 Å². The number of rotatable bonds is 3. The molecule has 1 aliphatic rings. The summed E-state index contributed by atoms with van der Waals surface area (Å²) in [4.78, 5) is 4.34. The Morgan fingerprint density at radius 1 is 1.37 bits per heavy atom. The van der Waals surface area contributed by atoms with Crippen molar-refractivity contribution >= 4 is 15.9 Å². The number of halogens is 1. The summed E-state index contributed by atoms with van der Waals surface area (Å²) in [5, 5.41) is 3.55. The third kappa shape index (κ3) is 2.60. The Bertz CT molecular complexity index is 541. The largest absolute Gasteiger partial charge is 0.326 e.